The predicted molar refractivity (Wildman–Crippen MR) is 106 cm³/mol. The molecule has 0 aliphatic carbocycles. The van der Waals surface area contributed by atoms with Gasteiger partial charge >= 0.3 is 0 Å². The molecule has 7 heteroatoms. The molecule has 146 valence electrons. The topological polar surface area (TPSA) is 59.1 Å². The van der Waals surface area contributed by atoms with E-state index in [-0.39, 0.29) is 4.90 Å². The van der Waals surface area contributed by atoms with Gasteiger partial charge in [0.25, 0.3) is 0 Å². The molecule has 1 aliphatic rings. The maximum absolute atomic E-state index is 13.3. The van der Waals surface area contributed by atoms with Crippen LogP contribution in [-0.4, -0.2) is 52.1 Å². The highest BCUT2D eigenvalue weighted by atomic mass is 32.2. The van der Waals surface area contributed by atoms with Gasteiger partial charge in [-0.2, -0.15) is 4.31 Å². The third kappa shape index (κ3) is 4.36. The van der Waals surface area contributed by atoms with E-state index in [1.54, 1.807) is 18.2 Å². The first-order valence-electron chi connectivity index (χ1n) is 9.26. The van der Waals surface area contributed by atoms with Crippen LogP contribution in [0.4, 0.5) is 5.69 Å². The lowest BCUT2D eigenvalue weighted by atomic mass is 10.2. The summed E-state index contributed by atoms with van der Waals surface area (Å²) in [6.07, 6.45) is 0. The lowest BCUT2D eigenvalue weighted by Crippen LogP contribution is -2.48. The molecule has 2 aromatic rings. The van der Waals surface area contributed by atoms with E-state index in [0.717, 1.165) is 5.69 Å². The Kier molecular flexibility index (Phi) is 6.23. The van der Waals surface area contributed by atoms with Crippen LogP contribution in [0.3, 0.4) is 0 Å². The number of rotatable bonds is 7. The molecule has 0 saturated carbocycles. The fourth-order valence-corrected chi connectivity index (χ4v) is 4.75. The van der Waals surface area contributed by atoms with Gasteiger partial charge in [0.1, 0.15) is 16.4 Å². The maximum Gasteiger partial charge on any atom is 0.247 e. The molecule has 3 rings (SSSR count). The molecule has 0 N–H and O–H groups in total. The van der Waals surface area contributed by atoms with Gasteiger partial charge in [-0.05, 0) is 38.1 Å². The van der Waals surface area contributed by atoms with E-state index in [9.17, 15) is 8.42 Å². The van der Waals surface area contributed by atoms with Crippen LogP contribution in [0, 0.1) is 0 Å². The van der Waals surface area contributed by atoms with Crippen LogP contribution in [0.15, 0.2) is 53.4 Å². The second-order valence-corrected chi connectivity index (χ2v) is 8.11. The molecule has 0 aromatic heterocycles. The van der Waals surface area contributed by atoms with Crippen LogP contribution < -0.4 is 14.4 Å². The zero-order chi connectivity index (χ0) is 19.3. The minimum absolute atomic E-state index is 0.170. The summed E-state index contributed by atoms with van der Waals surface area (Å²) in [4.78, 5) is 2.37. The molecule has 2 aromatic carbocycles. The normalized spacial score (nSPS) is 15.6. The van der Waals surface area contributed by atoms with Crippen LogP contribution in [0.25, 0.3) is 0 Å². The van der Waals surface area contributed by atoms with Crippen molar-refractivity contribution < 1.29 is 17.9 Å². The van der Waals surface area contributed by atoms with E-state index in [1.807, 2.05) is 44.2 Å². The zero-order valence-corrected chi connectivity index (χ0v) is 16.6. The maximum atomic E-state index is 13.3. The fraction of sp³-hybridized carbons (Fsp3) is 0.400. The van der Waals surface area contributed by atoms with Crippen molar-refractivity contribution >= 4 is 15.7 Å². The minimum atomic E-state index is -3.66. The molecule has 1 aliphatic heterocycles. The van der Waals surface area contributed by atoms with Crippen LogP contribution in [0.5, 0.6) is 11.5 Å². The fourth-order valence-electron chi connectivity index (χ4n) is 3.19. The number of hydrogen-bond donors (Lipinski definition) is 0. The van der Waals surface area contributed by atoms with E-state index >= 15 is 0 Å². The number of hydrogen-bond acceptors (Lipinski definition) is 5. The summed E-state index contributed by atoms with van der Waals surface area (Å²) < 4.78 is 39.1. The first-order valence-corrected chi connectivity index (χ1v) is 10.7. The minimum Gasteiger partial charge on any atom is -0.494 e. The van der Waals surface area contributed by atoms with Crippen LogP contribution in [-0.2, 0) is 10.0 Å². The van der Waals surface area contributed by atoms with Gasteiger partial charge < -0.3 is 14.4 Å². The number of piperazine rings is 1. The average molecular weight is 391 g/mol. The number of ether oxygens (including phenoxy) is 2. The highest BCUT2D eigenvalue weighted by Gasteiger charge is 2.31. The van der Waals surface area contributed by atoms with Crippen molar-refractivity contribution in [2.24, 2.45) is 0 Å². The van der Waals surface area contributed by atoms with Gasteiger partial charge in [-0.1, -0.05) is 18.2 Å². The molecule has 0 spiro atoms. The highest BCUT2D eigenvalue weighted by Crippen LogP contribution is 2.32. The molecular weight excluding hydrogens is 364 g/mol. The number of nitrogens with zero attached hydrogens (tertiary/aromatic N) is 2. The van der Waals surface area contributed by atoms with E-state index in [1.165, 1.54) is 4.31 Å². The zero-order valence-electron chi connectivity index (χ0n) is 15.8. The Morgan fingerprint density at radius 2 is 1.56 bits per heavy atom. The SMILES string of the molecule is CCOc1ccc(OCC)c(S(=O)(=O)N2CCN(c3ccccc3)CC2)c1. The molecule has 1 fully saturated rings. The standard InChI is InChI=1S/C20H26N2O4S/c1-3-25-18-10-11-19(26-4-2)20(16-18)27(23,24)22-14-12-21(13-15-22)17-8-6-5-7-9-17/h5-11,16H,3-4,12-15H2,1-2H3. The summed E-state index contributed by atoms with van der Waals surface area (Å²) in [6, 6.07) is 15.0. The van der Waals surface area contributed by atoms with Gasteiger partial charge in [0.05, 0.1) is 13.2 Å². The van der Waals surface area contributed by atoms with Crippen LogP contribution in [0.1, 0.15) is 13.8 Å². The molecule has 0 amide bonds. The third-order valence-corrected chi connectivity index (χ3v) is 6.42. The van der Waals surface area contributed by atoms with E-state index in [2.05, 4.69) is 4.90 Å². The molecule has 1 heterocycles. The van der Waals surface area contributed by atoms with Gasteiger partial charge in [-0.15, -0.1) is 0 Å². The van der Waals surface area contributed by atoms with Gasteiger partial charge in [0.15, 0.2) is 0 Å². The predicted octanol–water partition coefficient (Wildman–Crippen LogP) is 2.99. The molecular formula is C20H26N2O4S. The summed E-state index contributed by atoms with van der Waals surface area (Å²) in [5.41, 5.74) is 1.11. The van der Waals surface area contributed by atoms with Crippen LogP contribution in [0.2, 0.25) is 0 Å². The lowest BCUT2D eigenvalue weighted by Gasteiger charge is -2.35. The molecule has 0 radical (unpaired) electrons. The van der Waals surface area contributed by atoms with Crippen molar-refractivity contribution in [1.82, 2.24) is 4.31 Å². The smallest absolute Gasteiger partial charge is 0.247 e. The average Bonchev–Trinajstić information content (AvgIpc) is 2.70. The van der Waals surface area contributed by atoms with Crippen molar-refractivity contribution in [3.8, 4) is 11.5 Å². The van der Waals surface area contributed by atoms with Gasteiger partial charge in [-0.25, -0.2) is 8.42 Å². The summed E-state index contributed by atoms with van der Waals surface area (Å²) in [7, 11) is -3.66. The van der Waals surface area contributed by atoms with Gasteiger partial charge in [0, 0.05) is 37.9 Å². The van der Waals surface area contributed by atoms with Crippen LogP contribution >= 0.6 is 0 Å². The number of sulfonamides is 1. The van der Waals surface area contributed by atoms with E-state index in [4.69, 9.17) is 9.47 Å². The largest absolute Gasteiger partial charge is 0.494 e. The van der Waals surface area contributed by atoms with E-state index in [0.29, 0.717) is 50.9 Å². The first kappa shape index (κ1) is 19.5. The van der Waals surface area contributed by atoms with Gasteiger partial charge in [0.2, 0.25) is 10.0 Å². The van der Waals surface area contributed by atoms with Crippen molar-refractivity contribution in [2.75, 3.05) is 44.3 Å². The summed E-state index contributed by atoms with van der Waals surface area (Å²) in [5, 5.41) is 0. The monoisotopic (exact) mass is 390 g/mol. The summed E-state index contributed by atoms with van der Waals surface area (Å²) in [6.45, 7) is 6.75. The van der Waals surface area contributed by atoms with Crippen molar-refractivity contribution in [1.29, 1.82) is 0 Å². The molecule has 6 nitrogen and oxygen atoms in total. The van der Waals surface area contributed by atoms with E-state index < -0.39 is 10.0 Å². The summed E-state index contributed by atoms with van der Waals surface area (Å²) in [5.74, 6) is 0.897. The molecule has 27 heavy (non-hydrogen) atoms. The number of anilines is 1. The second-order valence-electron chi connectivity index (χ2n) is 6.20. The highest BCUT2D eigenvalue weighted by molar-refractivity contribution is 7.89. The number of para-hydroxylation sites is 1. The Hall–Kier alpha value is -2.25. The van der Waals surface area contributed by atoms with Crippen molar-refractivity contribution in [3.63, 3.8) is 0 Å². The first-order chi connectivity index (χ1) is 13.1. The quantitative estimate of drug-likeness (QED) is 0.727. The second kappa shape index (κ2) is 8.63. The Labute approximate surface area is 161 Å². The summed E-state index contributed by atoms with van der Waals surface area (Å²) >= 11 is 0. The Morgan fingerprint density at radius 3 is 2.19 bits per heavy atom. The molecule has 0 atom stereocenters. The molecule has 0 bridgehead atoms. The number of benzene rings is 2. The Balaban J connectivity index is 1.81. The Morgan fingerprint density at radius 1 is 0.889 bits per heavy atom. The molecule has 1 saturated heterocycles. The third-order valence-electron chi connectivity index (χ3n) is 4.50. The van der Waals surface area contributed by atoms with Crippen molar-refractivity contribution in [3.05, 3.63) is 48.5 Å². The molecule has 0 unspecified atom stereocenters. The van der Waals surface area contributed by atoms with Gasteiger partial charge in [-0.3, -0.25) is 0 Å². The Bertz CT molecular complexity index is 848. The van der Waals surface area contributed by atoms with Crippen molar-refractivity contribution in [2.45, 2.75) is 18.7 Å². The lowest BCUT2D eigenvalue weighted by molar-refractivity contribution is 0.319.